The first kappa shape index (κ1) is 21.9. The molecule has 5 rings (SSSR count). The summed E-state index contributed by atoms with van der Waals surface area (Å²) in [4.78, 5) is 14.3. The molecule has 0 atom stereocenters. The first-order chi connectivity index (χ1) is 16.5. The van der Waals surface area contributed by atoms with Crippen molar-refractivity contribution in [3.63, 3.8) is 0 Å². The zero-order valence-electron chi connectivity index (χ0n) is 19.1. The van der Waals surface area contributed by atoms with Crippen LogP contribution in [0.1, 0.15) is 31.1 Å². The molecule has 2 aromatic carbocycles. The van der Waals surface area contributed by atoms with Crippen LogP contribution in [0, 0.1) is 5.92 Å². The quantitative estimate of drug-likeness (QED) is 0.443. The van der Waals surface area contributed by atoms with Crippen molar-refractivity contribution in [1.29, 1.82) is 0 Å². The number of aromatic nitrogens is 3. The van der Waals surface area contributed by atoms with E-state index in [4.69, 9.17) is 9.26 Å². The summed E-state index contributed by atoms with van der Waals surface area (Å²) in [7, 11) is 0. The van der Waals surface area contributed by atoms with E-state index in [1.807, 2.05) is 30.3 Å². The third-order valence-electron chi connectivity index (χ3n) is 5.99. The van der Waals surface area contributed by atoms with Crippen LogP contribution < -0.4 is 4.74 Å². The van der Waals surface area contributed by atoms with Crippen molar-refractivity contribution in [3.05, 3.63) is 65.9 Å². The van der Waals surface area contributed by atoms with Gasteiger partial charge >= 0.3 is 0 Å². The molecule has 8 nitrogen and oxygen atoms in total. The van der Waals surface area contributed by atoms with E-state index in [0.717, 1.165) is 28.6 Å². The Balaban J connectivity index is 1.20. The van der Waals surface area contributed by atoms with Gasteiger partial charge in [0.05, 0.1) is 11.2 Å². The van der Waals surface area contributed by atoms with E-state index >= 15 is 0 Å². The van der Waals surface area contributed by atoms with Crippen molar-refractivity contribution in [1.82, 2.24) is 20.3 Å². The molecular formula is C26H26N4O4. The average Bonchev–Trinajstić information content (AvgIpc) is 3.23. The average molecular weight is 459 g/mol. The van der Waals surface area contributed by atoms with Crippen LogP contribution in [0.3, 0.4) is 0 Å². The van der Waals surface area contributed by atoms with E-state index < -0.39 is 0 Å². The number of ether oxygens (including phenoxy) is 1. The molecule has 34 heavy (non-hydrogen) atoms. The maximum Gasteiger partial charge on any atom is 0.260 e. The molecule has 1 aliphatic rings. The molecular weight excluding hydrogens is 432 g/mol. The van der Waals surface area contributed by atoms with E-state index in [2.05, 4.69) is 35.3 Å². The van der Waals surface area contributed by atoms with Gasteiger partial charge in [-0.15, -0.1) is 10.2 Å². The normalized spacial score (nSPS) is 13.9. The Kier molecular flexibility index (Phi) is 5.88. The van der Waals surface area contributed by atoms with Crippen LogP contribution in [0.5, 0.6) is 11.6 Å². The largest absolute Gasteiger partial charge is 0.507 e. The molecule has 1 aliphatic heterocycles. The van der Waals surface area contributed by atoms with Crippen molar-refractivity contribution in [2.24, 2.45) is 5.92 Å². The highest BCUT2D eigenvalue weighted by atomic mass is 16.5. The molecule has 4 aromatic rings. The molecule has 1 saturated heterocycles. The van der Waals surface area contributed by atoms with Crippen molar-refractivity contribution in [2.75, 3.05) is 19.7 Å². The van der Waals surface area contributed by atoms with E-state index in [9.17, 15) is 9.90 Å². The second-order valence-corrected chi connectivity index (χ2v) is 9.08. The summed E-state index contributed by atoms with van der Waals surface area (Å²) in [5.74, 6) is 1.91. The van der Waals surface area contributed by atoms with Gasteiger partial charge in [-0.2, -0.15) is 0 Å². The first-order valence-electron chi connectivity index (χ1n) is 11.4. The zero-order valence-corrected chi connectivity index (χ0v) is 19.1. The maximum atomic E-state index is 12.5. The van der Waals surface area contributed by atoms with E-state index in [1.165, 1.54) is 0 Å². The second kappa shape index (κ2) is 9.13. The van der Waals surface area contributed by atoms with Gasteiger partial charge in [-0.05, 0) is 47.0 Å². The maximum absolute atomic E-state index is 12.5. The van der Waals surface area contributed by atoms with Crippen LogP contribution >= 0.6 is 0 Å². The monoisotopic (exact) mass is 458 g/mol. The van der Waals surface area contributed by atoms with Crippen molar-refractivity contribution < 1.29 is 19.2 Å². The van der Waals surface area contributed by atoms with Crippen molar-refractivity contribution in [3.8, 4) is 22.9 Å². The van der Waals surface area contributed by atoms with Crippen LogP contribution in [0.2, 0.25) is 0 Å². The van der Waals surface area contributed by atoms with Gasteiger partial charge in [0, 0.05) is 42.4 Å². The van der Waals surface area contributed by atoms with Gasteiger partial charge in [-0.3, -0.25) is 4.79 Å². The van der Waals surface area contributed by atoms with Crippen LogP contribution in [-0.4, -0.2) is 51.0 Å². The first-order valence-corrected chi connectivity index (χ1v) is 11.4. The fourth-order valence-electron chi connectivity index (χ4n) is 4.12. The number of aromatic hydroxyl groups is 1. The number of nitrogens with zero attached hydrogens (tertiary/aromatic N) is 4. The number of carbonyl (C=O) groups excluding carboxylic acids is 1. The van der Waals surface area contributed by atoms with Gasteiger partial charge < -0.3 is 19.3 Å². The Morgan fingerprint density at radius 2 is 1.97 bits per heavy atom. The highest BCUT2D eigenvalue weighted by molar-refractivity contribution is 5.84. The number of phenolic OH excluding ortho intramolecular Hbond substituents is 1. The number of benzene rings is 2. The van der Waals surface area contributed by atoms with Crippen LogP contribution in [-0.2, 0) is 11.2 Å². The molecule has 2 aromatic heterocycles. The van der Waals surface area contributed by atoms with Gasteiger partial charge in [0.2, 0.25) is 0 Å². The highest BCUT2D eigenvalue weighted by Crippen LogP contribution is 2.32. The molecule has 8 heteroatoms. The lowest BCUT2D eigenvalue weighted by Crippen LogP contribution is -2.50. The summed E-state index contributed by atoms with van der Waals surface area (Å²) in [5.41, 5.74) is 3.19. The van der Waals surface area contributed by atoms with E-state index in [-0.39, 0.29) is 24.2 Å². The molecule has 174 valence electrons. The van der Waals surface area contributed by atoms with Crippen LogP contribution in [0.25, 0.3) is 22.2 Å². The Bertz CT molecular complexity index is 1330. The number of carbonyl (C=O) groups is 1. The molecule has 0 saturated carbocycles. The molecule has 1 amide bonds. The van der Waals surface area contributed by atoms with Crippen molar-refractivity contribution in [2.45, 2.75) is 26.2 Å². The standard InChI is InChI=1S/C26H26N4O4/c1-16(2)9-20-12-25(29-34-20)33-15-26(32)30-13-19(14-30)17-7-8-22-18(10-17)11-23(28-27-22)21-5-3-4-6-24(21)31/h3-8,10-12,16,19,31H,9,13-15H2,1-2H3. The van der Waals surface area contributed by atoms with Gasteiger partial charge in [0.15, 0.2) is 6.61 Å². The van der Waals surface area contributed by atoms with Crippen molar-refractivity contribution >= 4 is 16.8 Å². The third-order valence-corrected chi connectivity index (χ3v) is 5.99. The summed E-state index contributed by atoms with van der Waals surface area (Å²) in [6.07, 6.45) is 0.781. The summed E-state index contributed by atoms with van der Waals surface area (Å²) in [5, 5.41) is 23.5. The minimum absolute atomic E-state index is 0.0579. The number of para-hydroxylation sites is 1. The number of likely N-dealkylation sites (tertiary alicyclic amines) is 1. The molecule has 0 unspecified atom stereocenters. The zero-order chi connectivity index (χ0) is 23.7. The van der Waals surface area contributed by atoms with Gasteiger partial charge in [0.1, 0.15) is 11.5 Å². The Morgan fingerprint density at radius 1 is 1.15 bits per heavy atom. The van der Waals surface area contributed by atoms with Crippen LogP contribution in [0.15, 0.2) is 59.1 Å². The second-order valence-electron chi connectivity index (χ2n) is 9.08. The topological polar surface area (TPSA) is 102 Å². The summed E-state index contributed by atoms with van der Waals surface area (Å²) >= 11 is 0. The number of hydrogen-bond acceptors (Lipinski definition) is 7. The molecule has 3 heterocycles. The number of fused-ring (bicyclic) bond motifs is 1. The lowest BCUT2D eigenvalue weighted by atomic mass is 9.90. The number of rotatable bonds is 7. The molecule has 1 fully saturated rings. The summed E-state index contributed by atoms with van der Waals surface area (Å²) < 4.78 is 10.8. The fraction of sp³-hybridized carbons (Fsp3) is 0.308. The molecule has 1 N–H and O–H groups in total. The van der Waals surface area contributed by atoms with Gasteiger partial charge in [-0.25, -0.2) is 0 Å². The minimum atomic E-state index is -0.0712. The lowest BCUT2D eigenvalue weighted by molar-refractivity contribution is -0.137. The van der Waals surface area contributed by atoms with Gasteiger partial charge in [-0.1, -0.05) is 32.0 Å². The molecule has 0 radical (unpaired) electrons. The Morgan fingerprint density at radius 3 is 2.76 bits per heavy atom. The number of phenols is 1. The SMILES string of the molecule is CC(C)Cc1cc(OCC(=O)N2CC(c3ccc4nnc(-c5ccccc5O)cc4c3)C2)no1. The number of hydrogen-bond donors (Lipinski definition) is 1. The Labute approximate surface area is 197 Å². The smallest absolute Gasteiger partial charge is 0.260 e. The lowest BCUT2D eigenvalue weighted by Gasteiger charge is -2.39. The molecule has 0 spiro atoms. The summed E-state index contributed by atoms with van der Waals surface area (Å²) in [6.45, 7) is 5.41. The molecule has 0 bridgehead atoms. The number of amides is 1. The highest BCUT2D eigenvalue weighted by Gasteiger charge is 2.32. The molecule has 0 aliphatic carbocycles. The summed E-state index contributed by atoms with van der Waals surface area (Å²) in [6, 6.07) is 16.8. The minimum Gasteiger partial charge on any atom is -0.507 e. The van der Waals surface area contributed by atoms with E-state index in [1.54, 1.807) is 23.1 Å². The third kappa shape index (κ3) is 4.57. The van der Waals surface area contributed by atoms with E-state index in [0.29, 0.717) is 36.1 Å². The van der Waals surface area contributed by atoms with Gasteiger partial charge in [0.25, 0.3) is 11.8 Å². The Hall–Kier alpha value is -3.94. The van der Waals surface area contributed by atoms with Crippen LogP contribution in [0.4, 0.5) is 0 Å². The predicted molar refractivity (Wildman–Crippen MR) is 126 cm³/mol. The fourth-order valence-corrected chi connectivity index (χ4v) is 4.12. The predicted octanol–water partition coefficient (Wildman–Crippen LogP) is 4.19.